The summed E-state index contributed by atoms with van der Waals surface area (Å²) in [5, 5.41) is 8.56. The quantitative estimate of drug-likeness (QED) is 0.828. The molecule has 0 saturated carbocycles. The maximum Gasteiger partial charge on any atom is 0.225 e. The lowest BCUT2D eigenvalue weighted by atomic mass is 10.1. The van der Waals surface area contributed by atoms with Gasteiger partial charge in [0.25, 0.3) is 0 Å². The maximum absolute atomic E-state index is 6.07. The lowest BCUT2D eigenvalue weighted by Gasteiger charge is -2.09. The zero-order valence-electron chi connectivity index (χ0n) is 10.1. The van der Waals surface area contributed by atoms with E-state index in [1.807, 2.05) is 34.9 Å². The van der Waals surface area contributed by atoms with Crippen molar-refractivity contribution >= 4 is 11.6 Å². The monoisotopic (exact) mass is 249 g/mol. The first-order chi connectivity index (χ1) is 8.18. The van der Waals surface area contributed by atoms with Gasteiger partial charge in [-0.05, 0) is 23.9 Å². The van der Waals surface area contributed by atoms with Gasteiger partial charge in [0.15, 0.2) is 5.82 Å². The Kier molecular flexibility index (Phi) is 3.79. The number of nitrogens with zero attached hydrogens (tertiary/aromatic N) is 3. The fourth-order valence-corrected chi connectivity index (χ4v) is 1.87. The minimum absolute atomic E-state index is 0.463. The van der Waals surface area contributed by atoms with E-state index in [-0.39, 0.29) is 0 Å². The second-order valence-electron chi connectivity index (χ2n) is 4.49. The first kappa shape index (κ1) is 12.1. The number of hydrogen-bond donors (Lipinski definition) is 0. The van der Waals surface area contributed by atoms with Crippen molar-refractivity contribution in [2.75, 3.05) is 0 Å². The maximum atomic E-state index is 6.07. The number of hydrogen-bond acceptors (Lipinski definition) is 2. The SMILES string of the molecule is CC(C)CCn1c(Cl)nnc1-c1ccccc1. The van der Waals surface area contributed by atoms with E-state index in [2.05, 4.69) is 24.0 Å². The third kappa shape index (κ3) is 2.86. The Bertz CT molecular complexity index is 477. The molecule has 2 aromatic rings. The second-order valence-corrected chi connectivity index (χ2v) is 4.83. The highest BCUT2D eigenvalue weighted by atomic mass is 35.5. The highest BCUT2D eigenvalue weighted by molar-refractivity contribution is 6.28. The van der Waals surface area contributed by atoms with Crippen molar-refractivity contribution in [3.8, 4) is 11.4 Å². The van der Waals surface area contributed by atoms with Gasteiger partial charge in [-0.1, -0.05) is 44.2 Å². The van der Waals surface area contributed by atoms with Crippen molar-refractivity contribution in [1.29, 1.82) is 0 Å². The predicted molar refractivity (Wildman–Crippen MR) is 69.9 cm³/mol. The largest absolute Gasteiger partial charge is 0.298 e. The van der Waals surface area contributed by atoms with Gasteiger partial charge in [-0.3, -0.25) is 4.57 Å². The van der Waals surface area contributed by atoms with Crippen molar-refractivity contribution in [2.45, 2.75) is 26.8 Å². The summed E-state index contributed by atoms with van der Waals surface area (Å²) in [6.07, 6.45) is 1.07. The molecule has 0 bridgehead atoms. The topological polar surface area (TPSA) is 30.7 Å². The summed E-state index contributed by atoms with van der Waals surface area (Å²) in [7, 11) is 0. The van der Waals surface area contributed by atoms with Crippen LogP contribution in [0.2, 0.25) is 5.28 Å². The lowest BCUT2D eigenvalue weighted by Crippen LogP contribution is -2.03. The standard InChI is InChI=1S/C13H16ClN3/c1-10(2)8-9-17-12(15-16-13(17)14)11-6-4-3-5-7-11/h3-7,10H,8-9H2,1-2H3. The third-order valence-electron chi connectivity index (χ3n) is 2.67. The lowest BCUT2D eigenvalue weighted by molar-refractivity contribution is 0.518. The van der Waals surface area contributed by atoms with Crippen LogP contribution < -0.4 is 0 Å². The van der Waals surface area contributed by atoms with Gasteiger partial charge in [0, 0.05) is 12.1 Å². The molecule has 1 aromatic carbocycles. The van der Waals surface area contributed by atoms with Gasteiger partial charge in [0.2, 0.25) is 5.28 Å². The van der Waals surface area contributed by atoms with E-state index in [9.17, 15) is 0 Å². The Morgan fingerprint density at radius 2 is 1.88 bits per heavy atom. The van der Waals surface area contributed by atoms with Crippen molar-refractivity contribution in [3.05, 3.63) is 35.6 Å². The number of benzene rings is 1. The zero-order valence-corrected chi connectivity index (χ0v) is 10.9. The van der Waals surface area contributed by atoms with Gasteiger partial charge in [0.05, 0.1) is 0 Å². The Balaban J connectivity index is 2.29. The van der Waals surface area contributed by atoms with Gasteiger partial charge in [-0.2, -0.15) is 0 Å². The molecule has 1 aromatic heterocycles. The van der Waals surface area contributed by atoms with Crippen LogP contribution in [0.5, 0.6) is 0 Å². The molecule has 90 valence electrons. The smallest absolute Gasteiger partial charge is 0.225 e. The average molecular weight is 250 g/mol. The molecular weight excluding hydrogens is 234 g/mol. The number of halogens is 1. The molecule has 17 heavy (non-hydrogen) atoms. The minimum Gasteiger partial charge on any atom is -0.298 e. The molecule has 0 radical (unpaired) electrons. The molecule has 0 spiro atoms. The Labute approximate surface area is 106 Å². The molecule has 4 heteroatoms. The minimum atomic E-state index is 0.463. The molecule has 0 amide bonds. The van der Waals surface area contributed by atoms with Gasteiger partial charge in [-0.15, -0.1) is 10.2 Å². The molecule has 0 N–H and O–H groups in total. The number of rotatable bonds is 4. The molecule has 0 atom stereocenters. The highest BCUT2D eigenvalue weighted by Crippen LogP contribution is 2.21. The predicted octanol–water partition coefficient (Wildman–Crippen LogP) is 3.64. The fourth-order valence-electron chi connectivity index (χ4n) is 1.67. The Morgan fingerprint density at radius 3 is 2.53 bits per heavy atom. The number of aromatic nitrogens is 3. The van der Waals surface area contributed by atoms with E-state index in [1.165, 1.54) is 0 Å². The van der Waals surface area contributed by atoms with Crippen LogP contribution in [0.25, 0.3) is 11.4 Å². The summed E-state index contributed by atoms with van der Waals surface area (Å²) >= 11 is 6.07. The van der Waals surface area contributed by atoms with E-state index in [0.717, 1.165) is 24.4 Å². The summed E-state index contributed by atoms with van der Waals surface area (Å²) in [5.74, 6) is 1.48. The van der Waals surface area contributed by atoms with Crippen molar-refractivity contribution in [3.63, 3.8) is 0 Å². The van der Waals surface area contributed by atoms with Gasteiger partial charge < -0.3 is 0 Å². The van der Waals surface area contributed by atoms with Crippen LogP contribution in [0.1, 0.15) is 20.3 Å². The van der Waals surface area contributed by atoms with Crippen molar-refractivity contribution in [1.82, 2.24) is 14.8 Å². The average Bonchev–Trinajstić information content (AvgIpc) is 2.69. The molecule has 0 fully saturated rings. The van der Waals surface area contributed by atoms with Crippen molar-refractivity contribution in [2.24, 2.45) is 5.92 Å². The van der Waals surface area contributed by atoms with E-state index < -0.39 is 0 Å². The van der Waals surface area contributed by atoms with Gasteiger partial charge in [-0.25, -0.2) is 0 Å². The van der Waals surface area contributed by atoms with Crippen LogP contribution in [-0.4, -0.2) is 14.8 Å². The molecule has 1 heterocycles. The first-order valence-electron chi connectivity index (χ1n) is 5.82. The molecule has 3 nitrogen and oxygen atoms in total. The highest BCUT2D eigenvalue weighted by Gasteiger charge is 2.11. The summed E-state index contributed by atoms with van der Waals surface area (Å²) in [6, 6.07) is 10.0. The van der Waals surface area contributed by atoms with Crippen LogP contribution in [0, 0.1) is 5.92 Å². The summed E-state index contributed by atoms with van der Waals surface area (Å²) in [6.45, 7) is 5.24. The van der Waals surface area contributed by atoms with Crippen LogP contribution >= 0.6 is 11.6 Å². The van der Waals surface area contributed by atoms with E-state index >= 15 is 0 Å². The Morgan fingerprint density at radius 1 is 1.18 bits per heavy atom. The first-order valence-corrected chi connectivity index (χ1v) is 6.20. The molecule has 0 unspecified atom stereocenters. The molecule has 2 rings (SSSR count). The Hall–Kier alpha value is -1.35. The van der Waals surface area contributed by atoms with Crippen LogP contribution in [-0.2, 0) is 6.54 Å². The van der Waals surface area contributed by atoms with Crippen molar-refractivity contribution < 1.29 is 0 Å². The summed E-state index contributed by atoms with van der Waals surface area (Å²) in [5.41, 5.74) is 1.05. The second kappa shape index (κ2) is 5.32. The third-order valence-corrected chi connectivity index (χ3v) is 2.95. The van der Waals surface area contributed by atoms with Crippen LogP contribution in [0.4, 0.5) is 0 Å². The molecule has 0 saturated heterocycles. The normalized spacial score (nSPS) is 11.1. The van der Waals surface area contributed by atoms with E-state index in [1.54, 1.807) is 0 Å². The summed E-state index contributed by atoms with van der Waals surface area (Å²) in [4.78, 5) is 0. The molecular formula is C13H16ClN3. The summed E-state index contributed by atoms with van der Waals surface area (Å²) < 4.78 is 1.97. The van der Waals surface area contributed by atoms with Crippen LogP contribution in [0.3, 0.4) is 0 Å². The van der Waals surface area contributed by atoms with Crippen LogP contribution in [0.15, 0.2) is 30.3 Å². The van der Waals surface area contributed by atoms with E-state index in [4.69, 9.17) is 11.6 Å². The molecule has 0 aliphatic rings. The van der Waals surface area contributed by atoms with E-state index in [0.29, 0.717) is 11.2 Å². The van der Waals surface area contributed by atoms with Gasteiger partial charge in [0.1, 0.15) is 0 Å². The fraction of sp³-hybridized carbons (Fsp3) is 0.385. The zero-order chi connectivity index (χ0) is 12.3. The van der Waals surface area contributed by atoms with Gasteiger partial charge >= 0.3 is 0 Å². The molecule has 0 aliphatic heterocycles. The molecule has 0 aliphatic carbocycles.